The lowest BCUT2D eigenvalue weighted by atomic mass is 9.90. The van der Waals surface area contributed by atoms with E-state index in [2.05, 4.69) is 13.0 Å². The number of carbonyl (C=O) groups is 1. The monoisotopic (exact) mass is 393 g/mol. The Bertz CT molecular complexity index is 1050. The normalized spacial score (nSPS) is 21.3. The predicted octanol–water partition coefficient (Wildman–Crippen LogP) is 4.42. The van der Waals surface area contributed by atoms with Crippen molar-refractivity contribution in [2.24, 2.45) is 0 Å². The molecule has 0 spiro atoms. The van der Waals surface area contributed by atoms with E-state index >= 15 is 0 Å². The molecular formula is C24H28N2O3. The van der Waals surface area contributed by atoms with E-state index in [1.165, 1.54) is 0 Å². The maximum atomic E-state index is 13.8. The van der Waals surface area contributed by atoms with Gasteiger partial charge in [-0.3, -0.25) is 4.79 Å². The maximum absolute atomic E-state index is 13.8. The number of benzene rings is 2. The molecule has 2 aromatic carbocycles. The Kier molecular flexibility index (Phi) is 4.46. The quantitative estimate of drug-likeness (QED) is 0.774. The summed E-state index contributed by atoms with van der Waals surface area (Å²) >= 11 is 0. The van der Waals surface area contributed by atoms with Crippen molar-refractivity contribution in [3.8, 4) is 11.5 Å². The zero-order valence-electron chi connectivity index (χ0n) is 18.8. The van der Waals surface area contributed by atoms with E-state index in [0.29, 0.717) is 17.1 Å². The molecule has 0 aliphatic carbocycles. The number of hydrogen-bond acceptors (Lipinski definition) is 4. The largest absolute Gasteiger partial charge is 0.493 e. The molecule has 5 heteroatoms. The Morgan fingerprint density at radius 3 is 2.45 bits per heavy atom. The highest BCUT2D eigenvalue weighted by molar-refractivity contribution is 6.07. The molecule has 29 heavy (non-hydrogen) atoms. The van der Waals surface area contributed by atoms with Gasteiger partial charge in [-0.25, -0.2) is 0 Å². The lowest BCUT2D eigenvalue weighted by molar-refractivity contribution is -0.131. The Morgan fingerprint density at radius 2 is 1.79 bits per heavy atom. The number of amides is 1. The number of ether oxygens (including phenoxy) is 2. The third-order valence-electron chi connectivity index (χ3n) is 5.89. The van der Waals surface area contributed by atoms with Gasteiger partial charge in [-0.15, -0.1) is 0 Å². The van der Waals surface area contributed by atoms with Crippen LogP contribution in [0.25, 0.3) is 5.70 Å². The van der Waals surface area contributed by atoms with Gasteiger partial charge < -0.3 is 19.3 Å². The molecule has 0 N–H and O–H groups in total. The van der Waals surface area contributed by atoms with Gasteiger partial charge in [0.05, 0.1) is 26.0 Å². The van der Waals surface area contributed by atoms with Crippen molar-refractivity contribution >= 4 is 17.3 Å². The number of fused-ring (bicyclic) bond motifs is 3. The standard InChI is InChI=1S/C24H28N2O3/c1-14(2)26-15(3)17-9-7-8-10-18(17)23-19(24(26)27)11-16-12-21(28-5)22(29-6)13-20(16)25(23)4/h7-10,12-15H,11H2,1-6H3/t15-/m0/s1/i11D/t11-,15-. The summed E-state index contributed by atoms with van der Waals surface area (Å²) in [6.07, 6.45) is -0.821. The van der Waals surface area contributed by atoms with Crippen molar-refractivity contribution in [2.75, 3.05) is 26.2 Å². The first-order valence-electron chi connectivity index (χ1n) is 10.5. The molecule has 0 unspecified atom stereocenters. The highest BCUT2D eigenvalue weighted by Gasteiger charge is 2.38. The van der Waals surface area contributed by atoms with Gasteiger partial charge in [-0.2, -0.15) is 0 Å². The van der Waals surface area contributed by atoms with Crippen molar-refractivity contribution in [1.82, 2.24) is 4.90 Å². The number of anilines is 1. The Morgan fingerprint density at radius 1 is 1.14 bits per heavy atom. The molecule has 2 aromatic rings. The van der Waals surface area contributed by atoms with Crippen molar-refractivity contribution in [2.45, 2.75) is 39.3 Å². The van der Waals surface area contributed by atoms with E-state index in [4.69, 9.17) is 10.8 Å². The fourth-order valence-electron chi connectivity index (χ4n) is 4.53. The van der Waals surface area contributed by atoms with Crippen LogP contribution in [0.15, 0.2) is 42.0 Å². The number of nitrogens with zero attached hydrogens (tertiary/aromatic N) is 2. The van der Waals surface area contributed by atoms with Crippen LogP contribution in [0.3, 0.4) is 0 Å². The summed E-state index contributed by atoms with van der Waals surface area (Å²) < 4.78 is 20.1. The minimum Gasteiger partial charge on any atom is -0.493 e. The van der Waals surface area contributed by atoms with Crippen molar-refractivity contribution < 1.29 is 15.6 Å². The van der Waals surface area contributed by atoms with Crippen LogP contribution in [0.5, 0.6) is 11.5 Å². The maximum Gasteiger partial charge on any atom is 0.252 e. The number of carbonyl (C=O) groups excluding carboxylic acids is 1. The first kappa shape index (κ1) is 18.1. The summed E-state index contributed by atoms with van der Waals surface area (Å²) in [6, 6.07) is 11.8. The third kappa shape index (κ3) is 2.87. The Labute approximate surface area is 173 Å². The second-order valence-corrected chi connectivity index (χ2v) is 7.80. The molecule has 0 radical (unpaired) electrons. The highest BCUT2D eigenvalue weighted by atomic mass is 16.5. The number of methoxy groups -OCH3 is 2. The minimum absolute atomic E-state index is 0.0108. The van der Waals surface area contributed by atoms with Gasteiger partial charge in [-0.05, 0) is 38.0 Å². The molecule has 2 atom stereocenters. The number of hydrogen-bond donors (Lipinski definition) is 0. The Hall–Kier alpha value is -2.95. The van der Waals surface area contributed by atoms with Crippen molar-refractivity contribution in [3.63, 3.8) is 0 Å². The first-order chi connectivity index (χ1) is 14.3. The third-order valence-corrected chi connectivity index (χ3v) is 5.89. The molecule has 2 aliphatic heterocycles. The molecule has 0 saturated carbocycles. The van der Waals surface area contributed by atoms with E-state index in [1.807, 2.05) is 61.0 Å². The second-order valence-electron chi connectivity index (χ2n) is 7.80. The summed E-state index contributed by atoms with van der Waals surface area (Å²) in [4.78, 5) is 17.7. The van der Waals surface area contributed by atoms with Crippen LogP contribution in [0.1, 0.15) is 44.9 Å². The van der Waals surface area contributed by atoms with E-state index in [-0.39, 0.29) is 18.0 Å². The van der Waals surface area contributed by atoms with Crippen LogP contribution < -0.4 is 14.4 Å². The van der Waals surface area contributed by atoms with E-state index in [1.54, 1.807) is 14.2 Å². The van der Waals surface area contributed by atoms with Gasteiger partial charge in [0.15, 0.2) is 11.5 Å². The fourth-order valence-corrected chi connectivity index (χ4v) is 4.53. The SMILES string of the molecule is [2H][C@@H]1C2=C(c3ccccc3[C@H](C)N(C(C)C)C2=O)N(C)c2cc(OC)c(OC)cc21. The molecule has 1 amide bonds. The predicted molar refractivity (Wildman–Crippen MR) is 115 cm³/mol. The van der Waals surface area contributed by atoms with Gasteiger partial charge in [-0.1, -0.05) is 24.3 Å². The van der Waals surface area contributed by atoms with E-state index in [0.717, 1.165) is 28.1 Å². The average Bonchev–Trinajstić information content (AvgIpc) is 2.83. The summed E-state index contributed by atoms with van der Waals surface area (Å²) in [6.45, 7) is 6.11. The topological polar surface area (TPSA) is 42.0 Å². The van der Waals surface area contributed by atoms with Crippen LogP contribution in [-0.4, -0.2) is 38.1 Å². The summed E-state index contributed by atoms with van der Waals surface area (Å²) in [7, 11) is 5.13. The lowest BCUT2D eigenvalue weighted by Crippen LogP contribution is -2.40. The van der Waals surface area contributed by atoms with Crippen LogP contribution in [0.2, 0.25) is 0 Å². The van der Waals surface area contributed by atoms with E-state index in [9.17, 15) is 4.79 Å². The molecule has 0 fully saturated rings. The Balaban J connectivity index is 2.02. The van der Waals surface area contributed by atoms with Crippen molar-refractivity contribution in [3.05, 3.63) is 58.7 Å². The fraction of sp³-hybridized carbons (Fsp3) is 0.375. The summed E-state index contributed by atoms with van der Waals surface area (Å²) in [5, 5.41) is 0. The molecule has 2 heterocycles. The van der Waals surface area contributed by atoms with Gasteiger partial charge in [0.2, 0.25) is 0 Å². The molecule has 5 nitrogen and oxygen atoms in total. The van der Waals surface area contributed by atoms with Gasteiger partial charge >= 0.3 is 0 Å². The molecule has 0 saturated heterocycles. The van der Waals surface area contributed by atoms with Crippen molar-refractivity contribution in [1.29, 1.82) is 0 Å². The summed E-state index contributed by atoms with van der Waals surface area (Å²) in [5.41, 5.74) is 4.97. The van der Waals surface area contributed by atoms with E-state index < -0.39 is 6.40 Å². The molecular weight excluding hydrogens is 364 g/mol. The van der Waals surface area contributed by atoms with Crippen LogP contribution in [0, 0.1) is 0 Å². The first-order valence-corrected chi connectivity index (χ1v) is 9.89. The number of rotatable bonds is 3. The van der Waals surface area contributed by atoms with Gasteiger partial charge in [0.25, 0.3) is 5.91 Å². The zero-order chi connectivity index (χ0) is 21.7. The molecule has 152 valence electrons. The van der Waals surface area contributed by atoms with Gasteiger partial charge in [0, 0.05) is 43.7 Å². The average molecular weight is 394 g/mol. The lowest BCUT2D eigenvalue weighted by Gasteiger charge is -2.34. The minimum atomic E-state index is -0.821. The molecule has 4 rings (SSSR count). The summed E-state index contributed by atoms with van der Waals surface area (Å²) in [5.74, 6) is 1.07. The molecule has 2 aliphatic rings. The van der Waals surface area contributed by atoms with Crippen LogP contribution in [0.4, 0.5) is 5.69 Å². The van der Waals surface area contributed by atoms with Crippen LogP contribution in [-0.2, 0) is 11.2 Å². The zero-order valence-corrected chi connectivity index (χ0v) is 17.8. The molecule has 0 aromatic heterocycles. The molecule has 0 bridgehead atoms. The smallest absolute Gasteiger partial charge is 0.252 e. The van der Waals surface area contributed by atoms with Gasteiger partial charge in [0.1, 0.15) is 0 Å². The van der Waals surface area contributed by atoms with Crippen LogP contribution >= 0.6 is 0 Å². The highest BCUT2D eigenvalue weighted by Crippen LogP contribution is 2.46. The second kappa shape index (κ2) is 7.14.